The van der Waals surface area contributed by atoms with E-state index in [1.165, 1.54) is 0 Å². The molecule has 6 rings (SSSR count). The zero-order valence-corrected chi connectivity index (χ0v) is 19.5. The Morgan fingerprint density at radius 1 is 1.15 bits per heavy atom. The molecule has 4 aromatic rings. The molecule has 0 radical (unpaired) electrons. The first-order chi connectivity index (χ1) is 16.4. The van der Waals surface area contributed by atoms with Gasteiger partial charge in [0.2, 0.25) is 5.95 Å². The quantitative estimate of drug-likeness (QED) is 0.495. The third-order valence-corrected chi connectivity index (χ3v) is 6.80. The second-order valence-electron chi connectivity index (χ2n) is 9.32. The van der Waals surface area contributed by atoms with E-state index in [-0.39, 0.29) is 11.4 Å². The summed E-state index contributed by atoms with van der Waals surface area (Å²) in [6.45, 7) is 5.30. The molecular formula is C25H26N8O. The molecule has 4 aromatic heterocycles. The third kappa shape index (κ3) is 3.44. The van der Waals surface area contributed by atoms with Crippen molar-refractivity contribution in [1.82, 2.24) is 34.2 Å². The second-order valence-corrected chi connectivity index (χ2v) is 9.32. The van der Waals surface area contributed by atoms with Crippen LogP contribution in [-0.4, -0.2) is 45.6 Å². The molecule has 0 saturated heterocycles. The van der Waals surface area contributed by atoms with Crippen LogP contribution in [0.2, 0.25) is 0 Å². The lowest BCUT2D eigenvalue weighted by Gasteiger charge is -2.37. The summed E-state index contributed by atoms with van der Waals surface area (Å²) in [6, 6.07) is 9.80. The standard InChI is InChI=1S/C25H26N8O/c1-16-12-26-24(29-21-7-10-27-31(21)3)30-22(16)18-11-20-23(34)33(14-19-6-4-5-17(2)28-19)25(8-9-25)15-32(20)13-18/h4-7,10-13H,8-9,14-15H2,1-3H3,(H,26,29,30). The molecule has 1 aliphatic carbocycles. The van der Waals surface area contributed by atoms with Crippen LogP contribution in [0.1, 0.15) is 40.3 Å². The molecule has 0 unspecified atom stereocenters. The van der Waals surface area contributed by atoms with Crippen molar-refractivity contribution in [2.45, 2.75) is 45.3 Å². The van der Waals surface area contributed by atoms with Gasteiger partial charge < -0.3 is 14.8 Å². The van der Waals surface area contributed by atoms with E-state index in [1.807, 2.05) is 56.1 Å². The number of carbonyl (C=O) groups excluding carboxylic acids is 1. The maximum Gasteiger partial charge on any atom is 0.271 e. The van der Waals surface area contributed by atoms with Gasteiger partial charge in [-0.1, -0.05) is 6.07 Å². The first-order valence-electron chi connectivity index (χ1n) is 11.5. The van der Waals surface area contributed by atoms with Crippen molar-refractivity contribution in [3.63, 3.8) is 0 Å². The first-order valence-corrected chi connectivity index (χ1v) is 11.5. The molecule has 0 aromatic carbocycles. The highest BCUT2D eigenvalue weighted by Crippen LogP contribution is 2.47. The normalized spacial score (nSPS) is 16.1. The van der Waals surface area contributed by atoms with Crippen molar-refractivity contribution >= 4 is 17.7 Å². The summed E-state index contributed by atoms with van der Waals surface area (Å²) in [5.41, 5.74) is 5.16. The van der Waals surface area contributed by atoms with E-state index < -0.39 is 0 Å². The summed E-state index contributed by atoms with van der Waals surface area (Å²) < 4.78 is 3.83. The number of nitrogens with zero attached hydrogens (tertiary/aromatic N) is 7. The Hall–Kier alpha value is -4.01. The molecule has 1 N–H and O–H groups in total. The van der Waals surface area contributed by atoms with Crippen molar-refractivity contribution in [3.05, 3.63) is 71.6 Å². The molecule has 9 nitrogen and oxygen atoms in total. The molecule has 1 aliphatic heterocycles. The van der Waals surface area contributed by atoms with Crippen LogP contribution in [0.25, 0.3) is 11.3 Å². The zero-order valence-electron chi connectivity index (χ0n) is 19.5. The Bertz CT molecular complexity index is 1410. The lowest BCUT2D eigenvalue weighted by atomic mass is 10.1. The fraction of sp³-hybridized carbons (Fsp3) is 0.320. The molecular weight excluding hydrogens is 428 g/mol. The molecule has 9 heteroatoms. The summed E-state index contributed by atoms with van der Waals surface area (Å²) in [5.74, 6) is 1.35. The van der Waals surface area contributed by atoms with E-state index >= 15 is 0 Å². The minimum Gasteiger partial charge on any atom is -0.340 e. The number of amides is 1. The number of aryl methyl sites for hydroxylation is 3. The number of rotatable bonds is 5. The zero-order chi connectivity index (χ0) is 23.4. The van der Waals surface area contributed by atoms with Gasteiger partial charge in [0.1, 0.15) is 11.5 Å². The Labute approximate surface area is 197 Å². The van der Waals surface area contributed by atoms with Crippen LogP contribution in [0, 0.1) is 13.8 Å². The van der Waals surface area contributed by atoms with Crippen molar-refractivity contribution in [2.75, 3.05) is 5.32 Å². The van der Waals surface area contributed by atoms with Gasteiger partial charge in [-0.25, -0.2) is 9.97 Å². The van der Waals surface area contributed by atoms with E-state index in [0.29, 0.717) is 18.2 Å². The van der Waals surface area contributed by atoms with Gasteiger partial charge in [-0.2, -0.15) is 5.10 Å². The summed E-state index contributed by atoms with van der Waals surface area (Å²) in [5, 5.41) is 7.38. The largest absolute Gasteiger partial charge is 0.340 e. The molecule has 5 heterocycles. The molecule has 1 saturated carbocycles. The highest BCUT2D eigenvalue weighted by atomic mass is 16.2. The van der Waals surface area contributed by atoms with Crippen molar-refractivity contribution in [1.29, 1.82) is 0 Å². The molecule has 34 heavy (non-hydrogen) atoms. The van der Waals surface area contributed by atoms with Crippen LogP contribution in [0.4, 0.5) is 11.8 Å². The van der Waals surface area contributed by atoms with Crippen LogP contribution < -0.4 is 5.32 Å². The van der Waals surface area contributed by atoms with E-state index in [0.717, 1.165) is 53.4 Å². The average molecular weight is 455 g/mol. The van der Waals surface area contributed by atoms with Crippen LogP contribution in [0.5, 0.6) is 0 Å². The Morgan fingerprint density at radius 3 is 2.74 bits per heavy atom. The Balaban J connectivity index is 1.33. The van der Waals surface area contributed by atoms with Crippen molar-refractivity contribution < 1.29 is 4.79 Å². The van der Waals surface area contributed by atoms with E-state index in [4.69, 9.17) is 4.98 Å². The smallest absolute Gasteiger partial charge is 0.271 e. The fourth-order valence-electron chi connectivity index (χ4n) is 4.77. The minimum absolute atomic E-state index is 0.0539. The van der Waals surface area contributed by atoms with Gasteiger partial charge in [0.25, 0.3) is 5.91 Å². The number of hydrogen-bond donors (Lipinski definition) is 1. The van der Waals surface area contributed by atoms with Crippen LogP contribution in [0.3, 0.4) is 0 Å². The molecule has 1 amide bonds. The van der Waals surface area contributed by atoms with E-state index in [1.54, 1.807) is 17.1 Å². The molecule has 0 bridgehead atoms. The number of pyridine rings is 1. The maximum absolute atomic E-state index is 13.6. The van der Waals surface area contributed by atoms with Gasteiger partial charge in [0.05, 0.1) is 29.7 Å². The summed E-state index contributed by atoms with van der Waals surface area (Å²) in [4.78, 5) is 29.5. The number of anilines is 2. The van der Waals surface area contributed by atoms with Gasteiger partial charge in [-0.15, -0.1) is 0 Å². The molecule has 1 fully saturated rings. The number of aromatic nitrogens is 6. The third-order valence-electron chi connectivity index (χ3n) is 6.80. The molecule has 2 aliphatic rings. The highest BCUT2D eigenvalue weighted by molar-refractivity contribution is 5.96. The lowest BCUT2D eigenvalue weighted by molar-refractivity contribution is 0.0527. The van der Waals surface area contributed by atoms with Gasteiger partial charge >= 0.3 is 0 Å². The summed E-state index contributed by atoms with van der Waals surface area (Å²) >= 11 is 0. The number of hydrogen-bond acceptors (Lipinski definition) is 6. The van der Waals surface area contributed by atoms with Gasteiger partial charge in [-0.05, 0) is 50.5 Å². The Morgan fingerprint density at radius 2 is 2.00 bits per heavy atom. The summed E-state index contributed by atoms with van der Waals surface area (Å²) in [7, 11) is 1.86. The SMILES string of the molecule is Cc1cccc(CN2C(=O)c3cc(-c4nc(Nc5ccnn5C)ncc4C)cn3CC23CC3)n1. The van der Waals surface area contributed by atoms with Gasteiger partial charge in [0.15, 0.2) is 0 Å². The van der Waals surface area contributed by atoms with E-state index in [2.05, 4.69) is 31.1 Å². The van der Waals surface area contributed by atoms with Gasteiger partial charge in [-0.3, -0.25) is 14.5 Å². The monoisotopic (exact) mass is 454 g/mol. The molecule has 172 valence electrons. The van der Waals surface area contributed by atoms with Crippen LogP contribution >= 0.6 is 0 Å². The van der Waals surface area contributed by atoms with Crippen molar-refractivity contribution in [3.8, 4) is 11.3 Å². The Kier molecular flexibility index (Phi) is 4.55. The number of fused-ring (bicyclic) bond motifs is 1. The topological polar surface area (TPSA) is 93.8 Å². The number of nitrogens with one attached hydrogen (secondary N) is 1. The molecule has 1 spiro atoms. The van der Waals surface area contributed by atoms with Crippen molar-refractivity contribution in [2.24, 2.45) is 7.05 Å². The highest BCUT2D eigenvalue weighted by Gasteiger charge is 2.53. The predicted molar refractivity (Wildman–Crippen MR) is 127 cm³/mol. The fourth-order valence-corrected chi connectivity index (χ4v) is 4.77. The predicted octanol–water partition coefficient (Wildman–Crippen LogP) is 3.62. The van der Waals surface area contributed by atoms with Crippen LogP contribution in [-0.2, 0) is 20.1 Å². The minimum atomic E-state index is -0.112. The second kappa shape index (κ2) is 7.51. The summed E-state index contributed by atoms with van der Waals surface area (Å²) in [6.07, 6.45) is 7.61. The molecule has 0 atom stereocenters. The first kappa shape index (κ1) is 20.6. The maximum atomic E-state index is 13.6. The van der Waals surface area contributed by atoms with E-state index in [9.17, 15) is 4.79 Å². The van der Waals surface area contributed by atoms with Gasteiger partial charge in [0, 0.05) is 43.3 Å². The lowest BCUT2D eigenvalue weighted by Crippen LogP contribution is -2.49. The number of carbonyl (C=O) groups is 1. The van der Waals surface area contributed by atoms with Crippen LogP contribution in [0.15, 0.2) is 48.9 Å². The average Bonchev–Trinajstić information content (AvgIpc) is 3.26.